The Hall–Kier alpha value is -2.18. The number of nitrogen functional groups attached to an aromatic ring is 1. The number of imidazole rings is 1. The van der Waals surface area contributed by atoms with E-state index >= 15 is 4.39 Å². The van der Waals surface area contributed by atoms with E-state index in [4.69, 9.17) is 24.3 Å². The van der Waals surface area contributed by atoms with Crippen LogP contribution in [0.3, 0.4) is 0 Å². The number of hydrogen-bond acceptors (Lipinski definition) is 10. The number of fused-ring (bicyclic) bond motifs is 2. The largest absolute Gasteiger partial charge is 0.461 e. The van der Waals surface area contributed by atoms with Gasteiger partial charge < -0.3 is 15.2 Å². The number of carbonyl (C=O) groups excluding carboxylic acids is 1. The fourth-order valence-corrected chi connectivity index (χ4v) is 5.94. The van der Waals surface area contributed by atoms with Crippen molar-refractivity contribution in [2.75, 3.05) is 18.9 Å². The first kappa shape index (κ1) is 21.7. The number of rotatable bonds is 5. The molecule has 5 atom stereocenters. The fourth-order valence-electron chi connectivity index (χ4n) is 4.41. The van der Waals surface area contributed by atoms with Crippen molar-refractivity contribution < 1.29 is 32.3 Å². The van der Waals surface area contributed by atoms with E-state index in [0.29, 0.717) is 5.69 Å². The van der Waals surface area contributed by atoms with Crippen LogP contribution in [0, 0.1) is 0 Å². The second-order valence-electron chi connectivity index (χ2n) is 8.32. The number of aromatic nitrogens is 4. The molecule has 1 saturated carbocycles. The standard InChI is InChI=1S/C18H24FN6O6P/c1-18(19)14(11-6-21-17-16(20)22-9-23-25(11)17)30-12-8-28-32(27,31-15(12)18)24-7-13(26)29-10-4-2-3-5-10/h6,9-10,12,14-15H,2-5,7-8H2,1H3,(H,24,27)(H2,20,22,23)/t12-,14+,15-,18+,32?/m1/s1. The van der Waals surface area contributed by atoms with Crippen LogP contribution in [0.25, 0.3) is 5.65 Å². The van der Waals surface area contributed by atoms with Crippen LogP contribution in [-0.4, -0.2) is 62.7 Å². The number of nitrogens with one attached hydrogen (secondary N) is 1. The number of nitrogens with two attached hydrogens (primary N) is 1. The molecule has 5 rings (SSSR count). The van der Waals surface area contributed by atoms with Gasteiger partial charge in [0.1, 0.15) is 37.3 Å². The molecule has 12 nitrogen and oxygen atoms in total. The Morgan fingerprint density at radius 3 is 3.00 bits per heavy atom. The summed E-state index contributed by atoms with van der Waals surface area (Å²) in [6.45, 7) is 0.731. The highest BCUT2D eigenvalue weighted by molar-refractivity contribution is 7.51. The molecule has 0 radical (unpaired) electrons. The molecule has 1 unspecified atom stereocenters. The van der Waals surface area contributed by atoms with Gasteiger partial charge in [0.15, 0.2) is 17.1 Å². The van der Waals surface area contributed by atoms with Crippen LogP contribution in [0.1, 0.15) is 44.4 Å². The molecule has 0 aromatic carbocycles. The van der Waals surface area contributed by atoms with Crippen molar-refractivity contribution in [2.24, 2.45) is 0 Å². The molecule has 32 heavy (non-hydrogen) atoms. The van der Waals surface area contributed by atoms with E-state index < -0.39 is 37.7 Å². The van der Waals surface area contributed by atoms with Crippen molar-refractivity contribution in [1.29, 1.82) is 0 Å². The lowest BCUT2D eigenvalue weighted by Gasteiger charge is -2.34. The SMILES string of the molecule is C[C@@]1(F)[C@@H]2OP(=O)(NCC(=O)OC3CCCC3)OC[C@H]2O[C@H]1c1cnc2c(N)ncnn12. The molecule has 0 bridgehead atoms. The molecule has 0 spiro atoms. The first-order valence-electron chi connectivity index (χ1n) is 10.4. The maximum absolute atomic E-state index is 16.0. The summed E-state index contributed by atoms with van der Waals surface area (Å²) >= 11 is 0. The van der Waals surface area contributed by atoms with Crippen LogP contribution in [0.2, 0.25) is 0 Å². The fraction of sp³-hybridized carbons (Fsp3) is 0.667. The number of nitrogens with zero attached hydrogens (tertiary/aromatic N) is 4. The number of ether oxygens (including phenoxy) is 2. The summed E-state index contributed by atoms with van der Waals surface area (Å²) in [6.07, 6.45) is 3.00. The van der Waals surface area contributed by atoms with Gasteiger partial charge in [-0.15, -0.1) is 0 Å². The Labute approximate surface area is 182 Å². The van der Waals surface area contributed by atoms with E-state index in [9.17, 15) is 9.36 Å². The number of anilines is 1. The molecule has 2 saturated heterocycles. The minimum absolute atomic E-state index is 0.121. The minimum Gasteiger partial charge on any atom is -0.461 e. The highest BCUT2D eigenvalue weighted by Crippen LogP contribution is 2.57. The molecule has 1 aliphatic carbocycles. The van der Waals surface area contributed by atoms with Crippen molar-refractivity contribution in [2.45, 2.75) is 62.7 Å². The zero-order chi connectivity index (χ0) is 22.5. The van der Waals surface area contributed by atoms with E-state index in [1.165, 1.54) is 24.0 Å². The molecule has 0 amide bonds. The van der Waals surface area contributed by atoms with Crippen molar-refractivity contribution >= 4 is 25.2 Å². The lowest BCUT2D eigenvalue weighted by molar-refractivity contribution is -0.147. The summed E-state index contributed by atoms with van der Waals surface area (Å²) in [7, 11) is -3.96. The van der Waals surface area contributed by atoms with Gasteiger partial charge in [-0.2, -0.15) is 5.10 Å². The highest BCUT2D eigenvalue weighted by atomic mass is 31.2. The Morgan fingerprint density at radius 1 is 1.44 bits per heavy atom. The van der Waals surface area contributed by atoms with Gasteiger partial charge in [-0.3, -0.25) is 13.8 Å². The average Bonchev–Trinajstić information content (AvgIpc) is 3.46. The number of carbonyl (C=O) groups is 1. The molecule has 174 valence electrons. The first-order chi connectivity index (χ1) is 15.3. The molecular weight excluding hydrogens is 446 g/mol. The quantitative estimate of drug-likeness (QED) is 0.483. The predicted molar refractivity (Wildman–Crippen MR) is 107 cm³/mol. The third-order valence-electron chi connectivity index (χ3n) is 6.02. The molecule has 3 fully saturated rings. The Bertz CT molecular complexity index is 1080. The second-order valence-corrected chi connectivity index (χ2v) is 10.1. The maximum atomic E-state index is 16.0. The van der Waals surface area contributed by atoms with Crippen molar-refractivity contribution in [1.82, 2.24) is 24.7 Å². The van der Waals surface area contributed by atoms with Gasteiger partial charge in [0.05, 0.1) is 18.5 Å². The lowest BCUT2D eigenvalue weighted by atomic mass is 9.93. The zero-order valence-electron chi connectivity index (χ0n) is 17.3. The molecule has 3 aliphatic rings. The van der Waals surface area contributed by atoms with Crippen LogP contribution >= 0.6 is 7.75 Å². The third-order valence-corrected chi connectivity index (χ3v) is 7.56. The van der Waals surface area contributed by atoms with Crippen LogP contribution in [0.5, 0.6) is 0 Å². The van der Waals surface area contributed by atoms with Crippen molar-refractivity contribution in [3.63, 3.8) is 0 Å². The number of halogens is 1. The first-order valence-corrected chi connectivity index (χ1v) is 12.0. The van der Waals surface area contributed by atoms with Gasteiger partial charge in [-0.25, -0.2) is 28.5 Å². The summed E-state index contributed by atoms with van der Waals surface area (Å²) in [5.74, 6) is -0.423. The van der Waals surface area contributed by atoms with Gasteiger partial charge >= 0.3 is 13.7 Å². The Kier molecular flexibility index (Phi) is 5.41. The topological polar surface area (TPSA) is 152 Å². The van der Waals surface area contributed by atoms with Gasteiger partial charge in [-0.1, -0.05) is 0 Å². The summed E-state index contributed by atoms with van der Waals surface area (Å²) in [5.41, 5.74) is 4.27. The average molecular weight is 470 g/mol. The summed E-state index contributed by atoms with van der Waals surface area (Å²) in [6, 6.07) is 0. The Morgan fingerprint density at radius 2 is 2.22 bits per heavy atom. The van der Waals surface area contributed by atoms with E-state index in [2.05, 4.69) is 20.2 Å². The van der Waals surface area contributed by atoms with Gasteiger partial charge in [-0.05, 0) is 32.6 Å². The maximum Gasteiger partial charge on any atom is 0.406 e. The lowest BCUT2D eigenvalue weighted by Crippen LogP contribution is -2.46. The van der Waals surface area contributed by atoms with E-state index in [-0.39, 0.29) is 30.7 Å². The second kappa shape index (κ2) is 7.99. The number of esters is 1. The third kappa shape index (κ3) is 3.77. The molecule has 2 aromatic heterocycles. The molecule has 3 N–H and O–H groups in total. The van der Waals surface area contributed by atoms with Crippen LogP contribution in [0.15, 0.2) is 12.5 Å². The van der Waals surface area contributed by atoms with Crippen molar-refractivity contribution in [3.8, 4) is 0 Å². The molecule has 14 heteroatoms. The van der Waals surface area contributed by atoms with Crippen LogP contribution in [0.4, 0.5) is 10.2 Å². The van der Waals surface area contributed by atoms with E-state index in [0.717, 1.165) is 25.7 Å². The molecular formula is C18H24FN6O6P. The van der Waals surface area contributed by atoms with Crippen molar-refractivity contribution in [3.05, 3.63) is 18.2 Å². The molecule has 2 aromatic rings. The number of alkyl halides is 1. The van der Waals surface area contributed by atoms with Gasteiger partial charge in [0.25, 0.3) is 0 Å². The normalized spacial score (nSPS) is 35.2. The molecule has 2 aliphatic heterocycles. The summed E-state index contributed by atoms with van der Waals surface area (Å²) in [5, 5.41) is 6.54. The Balaban J connectivity index is 1.29. The summed E-state index contributed by atoms with van der Waals surface area (Å²) < 4.78 is 52.3. The van der Waals surface area contributed by atoms with Crippen LogP contribution in [-0.2, 0) is 27.9 Å². The van der Waals surface area contributed by atoms with E-state index in [1.54, 1.807) is 0 Å². The predicted octanol–water partition coefficient (Wildman–Crippen LogP) is 1.47. The zero-order valence-corrected chi connectivity index (χ0v) is 18.2. The smallest absolute Gasteiger partial charge is 0.406 e. The monoisotopic (exact) mass is 470 g/mol. The van der Waals surface area contributed by atoms with Gasteiger partial charge in [0, 0.05) is 0 Å². The van der Waals surface area contributed by atoms with E-state index in [1.807, 2.05) is 0 Å². The number of hydrogen-bond donors (Lipinski definition) is 2. The van der Waals surface area contributed by atoms with Crippen LogP contribution < -0.4 is 10.8 Å². The summed E-state index contributed by atoms with van der Waals surface area (Å²) in [4.78, 5) is 20.1. The minimum atomic E-state index is -3.96. The molecule has 4 heterocycles. The van der Waals surface area contributed by atoms with Gasteiger partial charge in [0.2, 0.25) is 0 Å². The highest BCUT2D eigenvalue weighted by Gasteiger charge is 2.61.